The highest BCUT2D eigenvalue weighted by Crippen LogP contribution is 2.19. The molecule has 0 atom stereocenters. The molecule has 1 fully saturated rings. The lowest BCUT2D eigenvalue weighted by Crippen LogP contribution is -2.33. The van der Waals surface area contributed by atoms with Gasteiger partial charge in [-0.15, -0.1) is 0 Å². The topological polar surface area (TPSA) is 32.3 Å². The molecule has 1 aliphatic rings. The molecule has 1 N–H and O–H groups in total. The maximum Gasteiger partial charge on any atom is 0.241 e. The van der Waals surface area contributed by atoms with E-state index in [0.29, 0.717) is 6.54 Å². The Hall–Kier alpha value is -2.29. The van der Waals surface area contributed by atoms with Gasteiger partial charge in [0.2, 0.25) is 5.91 Å². The lowest BCUT2D eigenvalue weighted by Gasteiger charge is -2.17. The minimum Gasteiger partial charge on any atom is -0.376 e. The van der Waals surface area contributed by atoms with Gasteiger partial charge in [0, 0.05) is 18.8 Å². The largest absolute Gasteiger partial charge is 0.376 e. The molecule has 3 rings (SSSR count). The molecular formula is C19H22N2O. The van der Waals surface area contributed by atoms with Gasteiger partial charge in [0.15, 0.2) is 0 Å². The van der Waals surface area contributed by atoms with Crippen molar-refractivity contribution in [1.82, 2.24) is 4.90 Å². The summed E-state index contributed by atoms with van der Waals surface area (Å²) >= 11 is 0. The summed E-state index contributed by atoms with van der Waals surface area (Å²) in [5, 5.41) is 3.32. The van der Waals surface area contributed by atoms with Crippen LogP contribution >= 0.6 is 0 Å². The molecule has 0 aromatic heterocycles. The van der Waals surface area contributed by atoms with Gasteiger partial charge in [-0.2, -0.15) is 0 Å². The van der Waals surface area contributed by atoms with E-state index in [0.717, 1.165) is 38.0 Å². The number of benzene rings is 2. The minimum absolute atomic E-state index is 0.201. The molecule has 0 spiro atoms. The average molecular weight is 294 g/mol. The van der Waals surface area contributed by atoms with Gasteiger partial charge in [-0.05, 0) is 36.5 Å². The quantitative estimate of drug-likeness (QED) is 0.917. The second-order valence-electron chi connectivity index (χ2n) is 5.76. The molecule has 0 unspecified atom stereocenters. The lowest BCUT2D eigenvalue weighted by molar-refractivity contribution is -0.128. The van der Waals surface area contributed by atoms with Crippen molar-refractivity contribution in [1.29, 1.82) is 0 Å². The Morgan fingerprint density at radius 1 is 0.955 bits per heavy atom. The van der Waals surface area contributed by atoms with Crippen molar-refractivity contribution in [3.63, 3.8) is 0 Å². The Kier molecular flexibility index (Phi) is 4.74. The summed E-state index contributed by atoms with van der Waals surface area (Å²) in [4.78, 5) is 14.1. The molecule has 0 saturated carbocycles. The van der Waals surface area contributed by atoms with Crippen molar-refractivity contribution in [2.45, 2.75) is 19.3 Å². The number of carbonyl (C=O) groups excluding carboxylic acids is 1. The van der Waals surface area contributed by atoms with Crippen molar-refractivity contribution in [3.05, 3.63) is 65.7 Å². The van der Waals surface area contributed by atoms with Gasteiger partial charge < -0.3 is 10.2 Å². The molecule has 3 nitrogen and oxygen atoms in total. The van der Waals surface area contributed by atoms with Crippen LogP contribution in [0.25, 0.3) is 0 Å². The summed E-state index contributed by atoms with van der Waals surface area (Å²) in [5.41, 5.74) is 3.56. The highest BCUT2D eigenvalue weighted by atomic mass is 16.2. The molecule has 0 radical (unpaired) electrons. The van der Waals surface area contributed by atoms with Crippen molar-refractivity contribution in [2.75, 3.05) is 25.0 Å². The number of hydrogen-bond donors (Lipinski definition) is 1. The van der Waals surface area contributed by atoms with Gasteiger partial charge in [-0.25, -0.2) is 0 Å². The van der Waals surface area contributed by atoms with Crippen molar-refractivity contribution >= 4 is 11.6 Å². The number of carbonyl (C=O) groups is 1. The summed E-state index contributed by atoms with van der Waals surface area (Å²) < 4.78 is 0. The third kappa shape index (κ3) is 3.67. The van der Waals surface area contributed by atoms with Gasteiger partial charge in [0.1, 0.15) is 0 Å². The van der Waals surface area contributed by atoms with E-state index in [1.807, 2.05) is 23.1 Å². The maximum atomic E-state index is 12.2. The first-order valence-corrected chi connectivity index (χ1v) is 7.96. The van der Waals surface area contributed by atoms with Crippen molar-refractivity contribution < 1.29 is 4.79 Å². The SMILES string of the molecule is O=C(CNc1ccccc1Cc1ccccc1)N1CCCC1. The number of para-hydroxylation sites is 1. The summed E-state index contributed by atoms with van der Waals surface area (Å²) in [6, 6.07) is 18.6. The molecule has 3 heteroatoms. The van der Waals surface area contributed by atoms with Crippen molar-refractivity contribution in [2.24, 2.45) is 0 Å². The van der Waals surface area contributed by atoms with Crippen LogP contribution < -0.4 is 5.32 Å². The molecule has 1 amide bonds. The standard InChI is InChI=1S/C19H22N2O/c22-19(21-12-6-7-13-21)15-20-18-11-5-4-10-17(18)14-16-8-2-1-3-9-16/h1-5,8-11,20H,6-7,12-15H2. The summed E-state index contributed by atoms with van der Waals surface area (Å²) in [6.07, 6.45) is 3.15. The molecule has 2 aromatic rings. The molecule has 114 valence electrons. The van der Waals surface area contributed by atoms with Crippen LogP contribution in [0.15, 0.2) is 54.6 Å². The van der Waals surface area contributed by atoms with Gasteiger partial charge >= 0.3 is 0 Å². The predicted molar refractivity (Wildman–Crippen MR) is 90.0 cm³/mol. The third-order valence-electron chi connectivity index (χ3n) is 4.14. The van der Waals surface area contributed by atoms with E-state index in [4.69, 9.17) is 0 Å². The van der Waals surface area contributed by atoms with Crippen LogP contribution in [0.4, 0.5) is 5.69 Å². The zero-order chi connectivity index (χ0) is 15.2. The number of anilines is 1. The second-order valence-corrected chi connectivity index (χ2v) is 5.76. The van der Waals surface area contributed by atoms with E-state index >= 15 is 0 Å². The maximum absolute atomic E-state index is 12.2. The number of rotatable bonds is 5. The molecule has 0 aliphatic carbocycles. The Balaban J connectivity index is 1.64. The predicted octanol–water partition coefficient (Wildman–Crippen LogP) is 3.31. The Morgan fingerprint density at radius 2 is 1.64 bits per heavy atom. The smallest absolute Gasteiger partial charge is 0.241 e. The van der Waals surface area contributed by atoms with Gasteiger partial charge in [0.05, 0.1) is 6.54 Å². The average Bonchev–Trinajstić information content (AvgIpc) is 3.09. The number of hydrogen-bond acceptors (Lipinski definition) is 2. The summed E-state index contributed by atoms with van der Waals surface area (Å²) in [6.45, 7) is 2.20. The molecule has 1 saturated heterocycles. The molecule has 1 heterocycles. The first-order valence-electron chi connectivity index (χ1n) is 7.96. The molecule has 0 bridgehead atoms. The van der Waals surface area contributed by atoms with Crippen LogP contribution in [0.5, 0.6) is 0 Å². The highest BCUT2D eigenvalue weighted by Gasteiger charge is 2.17. The van der Waals surface area contributed by atoms with Crippen LogP contribution in [0.1, 0.15) is 24.0 Å². The fraction of sp³-hybridized carbons (Fsp3) is 0.316. The van der Waals surface area contributed by atoms with Crippen LogP contribution in [-0.4, -0.2) is 30.4 Å². The van der Waals surface area contributed by atoms with E-state index in [9.17, 15) is 4.79 Å². The minimum atomic E-state index is 0.201. The monoisotopic (exact) mass is 294 g/mol. The molecule has 1 aliphatic heterocycles. The van der Waals surface area contributed by atoms with Gasteiger partial charge in [-0.3, -0.25) is 4.79 Å². The van der Waals surface area contributed by atoms with Gasteiger partial charge in [0.25, 0.3) is 0 Å². The zero-order valence-corrected chi connectivity index (χ0v) is 12.8. The van der Waals surface area contributed by atoms with Crippen LogP contribution in [0, 0.1) is 0 Å². The molecule has 22 heavy (non-hydrogen) atoms. The number of nitrogens with one attached hydrogen (secondary N) is 1. The normalized spacial score (nSPS) is 14.1. The third-order valence-corrected chi connectivity index (χ3v) is 4.14. The zero-order valence-electron chi connectivity index (χ0n) is 12.8. The highest BCUT2D eigenvalue weighted by molar-refractivity contribution is 5.81. The van der Waals surface area contributed by atoms with E-state index in [1.54, 1.807) is 0 Å². The van der Waals surface area contributed by atoms with Crippen LogP contribution in [0.3, 0.4) is 0 Å². The van der Waals surface area contributed by atoms with E-state index < -0.39 is 0 Å². The lowest BCUT2D eigenvalue weighted by atomic mass is 10.0. The van der Waals surface area contributed by atoms with Crippen LogP contribution in [-0.2, 0) is 11.2 Å². The number of amides is 1. The van der Waals surface area contributed by atoms with E-state index in [2.05, 4.69) is 41.7 Å². The fourth-order valence-corrected chi connectivity index (χ4v) is 2.91. The van der Waals surface area contributed by atoms with E-state index in [1.165, 1.54) is 11.1 Å². The molecular weight excluding hydrogens is 272 g/mol. The van der Waals surface area contributed by atoms with Crippen molar-refractivity contribution in [3.8, 4) is 0 Å². The first kappa shape index (κ1) is 14.6. The second kappa shape index (κ2) is 7.12. The number of likely N-dealkylation sites (tertiary alicyclic amines) is 1. The fourth-order valence-electron chi connectivity index (χ4n) is 2.91. The van der Waals surface area contributed by atoms with E-state index in [-0.39, 0.29) is 5.91 Å². The van der Waals surface area contributed by atoms with Crippen LogP contribution in [0.2, 0.25) is 0 Å². The summed E-state index contributed by atoms with van der Waals surface area (Å²) in [7, 11) is 0. The summed E-state index contributed by atoms with van der Waals surface area (Å²) in [5.74, 6) is 0.201. The Labute approximate surface area is 132 Å². The van der Waals surface area contributed by atoms with Gasteiger partial charge in [-0.1, -0.05) is 48.5 Å². The molecule has 2 aromatic carbocycles. The Morgan fingerprint density at radius 3 is 2.41 bits per heavy atom. The number of nitrogens with zero attached hydrogens (tertiary/aromatic N) is 1. The first-order chi connectivity index (χ1) is 10.8. The Bertz CT molecular complexity index is 618.